The standard InChI is InChI=1S/C28H34N2O5/c1-4-28(5-2,26(33)30-16-10-11-18(3)24(30)25(31)32)29-27(34)35-17-23-21-14-8-6-12-19(21)20-13-7-9-15-22(20)23/h6-9,12-15,18,23-24H,4-5,10-11,16-17H2,1-3H3,(H,29,34)(H,31,32). The van der Waals surface area contributed by atoms with Gasteiger partial charge >= 0.3 is 12.1 Å². The van der Waals surface area contributed by atoms with Gasteiger partial charge in [0.15, 0.2) is 0 Å². The molecule has 7 heteroatoms. The van der Waals surface area contributed by atoms with Crippen molar-refractivity contribution in [1.82, 2.24) is 10.2 Å². The van der Waals surface area contributed by atoms with Crippen molar-refractivity contribution in [3.8, 4) is 11.1 Å². The van der Waals surface area contributed by atoms with E-state index in [0.717, 1.165) is 35.1 Å². The van der Waals surface area contributed by atoms with Gasteiger partial charge in [0.25, 0.3) is 0 Å². The Bertz CT molecular complexity index is 1060. The number of likely N-dealkylation sites (tertiary alicyclic amines) is 1. The third kappa shape index (κ3) is 4.51. The topological polar surface area (TPSA) is 95.9 Å². The van der Waals surface area contributed by atoms with Crippen molar-refractivity contribution in [2.24, 2.45) is 5.92 Å². The predicted octanol–water partition coefficient (Wildman–Crippen LogP) is 4.80. The van der Waals surface area contributed by atoms with E-state index in [1.54, 1.807) is 0 Å². The number of ether oxygens (including phenoxy) is 1. The lowest BCUT2D eigenvalue weighted by Crippen LogP contribution is -2.64. The number of nitrogens with zero attached hydrogens (tertiary/aromatic N) is 1. The summed E-state index contributed by atoms with van der Waals surface area (Å²) in [4.78, 5) is 40.1. The number of hydrogen-bond donors (Lipinski definition) is 2. The summed E-state index contributed by atoms with van der Waals surface area (Å²) < 4.78 is 5.69. The number of fused-ring (bicyclic) bond motifs is 3. The number of nitrogens with one attached hydrogen (secondary N) is 1. The molecule has 2 atom stereocenters. The molecule has 2 N–H and O–H groups in total. The van der Waals surface area contributed by atoms with E-state index >= 15 is 0 Å². The van der Waals surface area contributed by atoms with Crippen molar-refractivity contribution in [3.05, 3.63) is 59.7 Å². The van der Waals surface area contributed by atoms with Crippen LogP contribution in [0.15, 0.2) is 48.5 Å². The van der Waals surface area contributed by atoms with Gasteiger partial charge in [0, 0.05) is 12.5 Å². The first kappa shape index (κ1) is 24.8. The second-order valence-corrected chi connectivity index (χ2v) is 9.64. The average molecular weight is 479 g/mol. The van der Waals surface area contributed by atoms with Crippen molar-refractivity contribution in [1.29, 1.82) is 0 Å². The van der Waals surface area contributed by atoms with Crippen LogP contribution in [0.4, 0.5) is 4.79 Å². The van der Waals surface area contributed by atoms with Crippen molar-refractivity contribution in [3.63, 3.8) is 0 Å². The number of carbonyl (C=O) groups excluding carboxylic acids is 2. The van der Waals surface area contributed by atoms with E-state index in [1.165, 1.54) is 4.90 Å². The molecule has 1 aliphatic carbocycles. The Morgan fingerprint density at radius 3 is 2.14 bits per heavy atom. The molecule has 0 aromatic heterocycles. The molecule has 4 rings (SSSR count). The molecular formula is C28H34N2O5. The minimum absolute atomic E-state index is 0.0826. The summed E-state index contributed by atoms with van der Waals surface area (Å²) >= 11 is 0. The van der Waals surface area contributed by atoms with E-state index in [2.05, 4.69) is 29.6 Å². The summed E-state index contributed by atoms with van der Waals surface area (Å²) in [7, 11) is 0. The summed E-state index contributed by atoms with van der Waals surface area (Å²) in [6, 6.07) is 15.3. The minimum Gasteiger partial charge on any atom is -0.480 e. The average Bonchev–Trinajstić information content (AvgIpc) is 3.19. The monoisotopic (exact) mass is 478 g/mol. The lowest BCUT2D eigenvalue weighted by molar-refractivity contribution is -0.158. The van der Waals surface area contributed by atoms with E-state index in [9.17, 15) is 19.5 Å². The van der Waals surface area contributed by atoms with Gasteiger partial charge < -0.3 is 20.1 Å². The van der Waals surface area contributed by atoms with Gasteiger partial charge in [0.2, 0.25) is 5.91 Å². The highest BCUT2D eigenvalue weighted by Gasteiger charge is 2.46. The molecule has 35 heavy (non-hydrogen) atoms. The molecule has 0 bridgehead atoms. The molecule has 0 saturated carbocycles. The number of aliphatic carboxylic acids is 1. The SMILES string of the molecule is CCC(CC)(NC(=O)OCC1c2ccccc2-c2ccccc21)C(=O)N1CCCC(C)C1C(=O)O. The molecule has 1 aliphatic heterocycles. The van der Waals surface area contributed by atoms with Crippen molar-refractivity contribution in [2.75, 3.05) is 13.2 Å². The molecule has 7 nitrogen and oxygen atoms in total. The Balaban J connectivity index is 1.50. The fourth-order valence-electron chi connectivity index (χ4n) is 5.68. The second-order valence-electron chi connectivity index (χ2n) is 9.64. The zero-order valence-corrected chi connectivity index (χ0v) is 20.6. The summed E-state index contributed by atoms with van der Waals surface area (Å²) in [5, 5.41) is 12.6. The largest absolute Gasteiger partial charge is 0.480 e. The van der Waals surface area contributed by atoms with Crippen LogP contribution < -0.4 is 5.32 Å². The van der Waals surface area contributed by atoms with E-state index < -0.39 is 23.6 Å². The molecule has 2 unspecified atom stereocenters. The Labute approximate surface area is 206 Å². The minimum atomic E-state index is -1.21. The molecule has 2 aromatic rings. The third-order valence-electron chi connectivity index (χ3n) is 7.75. The lowest BCUT2D eigenvalue weighted by Gasteiger charge is -2.43. The molecule has 186 valence electrons. The molecule has 0 spiro atoms. The van der Waals surface area contributed by atoms with Gasteiger partial charge in [-0.25, -0.2) is 9.59 Å². The van der Waals surface area contributed by atoms with Gasteiger partial charge in [0.05, 0.1) is 0 Å². The number of hydrogen-bond acceptors (Lipinski definition) is 4. The van der Waals surface area contributed by atoms with Crippen LogP contribution in [-0.4, -0.2) is 52.7 Å². The number of carboxylic acid groups (broad SMARTS) is 1. The van der Waals surface area contributed by atoms with Gasteiger partial charge in [-0.1, -0.05) is 69.3 Å². The summed E-state index contributed by atoms with van der Waals surface area (Å²) in [5.41, 5.74) is 3.29. The number of rotatable bonds is 7. The van der Waals surface area contributed by atoms with E-state index in [0.29, 0.717) is 19.4 Å². The highest BCUT2D eigenvalue weighted by molar-refractivity contribution is 5.93. The maximum absolute atomic E-state index is 13.7. The number of alkyl carbamates (subject to hydrolysis) is 1. The maximum atomic E-state index is 13.7. The van der Waals surface area contributed by atoms with Crippen LogP contribution >= 0.6 is 0 Å². The number of carboxylic acids is 1. The van der Waals surface area contributed by atoms with Crippen LogP contribution in [0.2, 0.25) is 0 Å². The van der Waals surface area contributed by atoms with Gasteiger partial charge in [-0.15, -0.1) is 0 Å². The summed E-state index contributed by atoms with van der Waals surface area (Å²) in [5.74, 6) is -1.59. The molecule has 1 saturated heterocycles. The van der Waals surface area contributed by atoms with Crippen LogP contribution in [0.25, 0.3) is 11.1 Å². The van der Waals surface area contributed by atoms with E-state index in [1.807, 2.05) is 45.0 Å². The first-order valence-electron chi connectivity index (χ1n) is 12.5. The highest BCUT2D eigenvalue weighted by Crippen LogP contribution is 2.44. The number of amides is 2. The first-order chi connectivity index (χ1) is 16.8. The maximum Gasteiger partial charge on any atom is 0.408 e. The zero-order valence-electron chi connectivity index (χ0n) is 20.6. The predicted molar refractivity (Wildman–Crippen MR) is 133 cm³/mol. The summed E-state index contributed by atoms with van der Waals surface area (Å²) in [6.07, 6.45) is 1.51. The Hall–Kier alpha value is -3.35. The fraction of sp³-hybridized carbons (Fsp3) is 0.464. The smallest absolute Gasteiger partial charge is 0.408 e. The van der Waals surface area contributed by atoms with E-state index in [4.69, 9.17) is 4.74 Å². The second kappa shape index (κ2) is 10.1. The van der Waals surface area contributed by atoms with Crippen LogP contribution in [0, 0.1) is 5.92 Å². The lowest BCUT2D eigenvalue weighted by atomic mass is 9.85. The highest BCUT2D eigenvalue weighted by atomic mass is 16.5. The van der Waals surface area contributed by atoms with Gasteiger partial charge in [-0.3, -0.25) is 4.79 Å². The van der Waals surface area contributed by atoms with Crippen molar-refractivity contribution >= 4 is 18.0 Å². The molecule has 1 heterocycles. The fourth-order valence-corrected chi connectivity index (χ4v) is 5.68. The number of benzene rings is 2. The van der Waals surface area contributed by atoms with Crippen LogP contribution in [0.5, 0.6) is 0 Å². The molecular weight excluding hydrogens is 444 g/mol. The molecule has 2 amide bonds. The van der Waals surface area contributed by atoms with E-state index in [-0.39, 0.29) is 24.3 Å². The van der Waals surface area contributed by atoms with Crippen LogP contribution in [0.3, 0.4) is 0 Å². The van der Waals surface area contributed by atoms with Crippen molar-refractivity contribution < 1.29 is 24.2 Å². The van der Waals surface area contributed by atoms with Crippen molar-refractivity contribution in [2.45, 2.75) is 64.0 Å². The van der Waals surface area contributed by atoms with Gasteiger partial charge in [0.1, 0.15) is 18.2 Å². The Morgan fingerprint density at radius 1 is 1.03 bits per heavy atom. The molecule has 2 aliphatic rings. The van der Waals surface area contributed by atoms with Gasteiger partial charge in [-0.2, -0.15) is 0 Å². The number of carbonyl (C=O) groups is 3. The van der Waals surface area contributed by atoms with Gasteiger partial charge in [-0.05, 0) is 53.9 Å². The quantitative estimate of drug-likeness (QED) is 0.596. The zero-order chi connectivity index (χ0) is 25.2. The molecule has 2 aromatic carbocycles. The van der Waals surface area contributed by atoms with Crippen LogP contribution in [0.1, 0.15) is 63.5 Å². The Morgan fingerprint density at radius 2 is 1.60 bits per heavy atom. The Kier molecular flexibility index (Phi) is 7.15. The summed E-state index contributed by atoms with van der Waals surface area (Å²) in [6.45, 7) is 6.03. The normalized spacial score (nSPS) is 19.6. The third-order valence-corrected chi connectivity index (χ3v) is 7.75. The first-order valence-corrected chi connectivity index (χ1v) is 12.5. The molecule has 1 fully saturated rings. The van der Waals surface area contributed by atoms with Crippen LogP contribution in [-0.2, 0) is 14.3 Å². The molecule has 0 radical (unpaired) electrons. The number of piperidine rings is 1.